The van der Waals surface area contributed by atoms with E-state index in [-0.39, 0.29) is 5.82 Å². The third-order valence-corrected chi connectivity index (χ3v) is 5.72. The van der Waals surface area contributed by atoms with Crippen molar-refractivity contribution >= 4 is 27.7 Å². The van der Waals surface area contributed by atoms with E-state index < -0.39 is 0 Å². The summed E-state index contributed by atoms with van der Waals surface area (Å²) >= 11 is 5.13. The van der Waals surface area contributed by atoms with E-state index in [1.54, 1.807) is 11.8 Å². The molecular weight excluding hydrogens is 423 g/mol. The second kappa shape index (κ2) is 8.11. The predicted octanol–water partition coefficient (Wildman–Crippen LogP) is 6.73. The van der Waals surface area contributed by atoms with Gasteiger partial charge in [-0.05, 0) is 42.0 Å². The Kier molecular flexibility index (Phi) is 5.41. The first-order valence-electron chi connectivity index (χ1n) is 8.47. The molecule has 27 heavy (non-hydrogen) atoms. The lowest BCUT2D eigenvalue weighted by molar-refractivity contribution is 0.627. The molecule has 0 aliphatic rings. The molecule has 0 fully saturated rings. The van der Waals surface area contributed by atoms with Gasteiger partial charge in [0.1, 0.15) is 5.82 Å². The van der Waals surface area contributed by atoms with Gasteiger partial charge in [-0.3, -0.25) is 4.57 Å². The molecule has 0 radical (unpaired) electrons. The van der Waals surface area contributed by atoms with Crippen LogP contribution in [0.3, 0.4) is 0 Å². The highest BCUT2D eigenvalue weighted by molar-refractivity contribution is 9.10. The van der Waals surface area contributed by atoms with Crippen molar-refractivity contribution in [3.05, 3.63) is 101 Å². The minimum Gasteiger partial charge on any atom is -0.287 e. The van der Waals surface area contributed by atoms with Crippen LogP contribution >= 0.6 is 27.7 Å². The van der Waals surface area contributed by atoms with E-state index in [1.807, 2.05) is 48.7 Å². The average Bonchev–Trinajstić information content (AvgIpc) is 3.13. The van der Waals surface area contributed by atoms with Crippen LogP contribution in [0, 0.1) is 5.82 Å². The molecule has 4 rings (SSSR count). The third-order valence-electron chi connectivity index (χ3n) is 4.17. The second-order valence-electron chi connectivity index (χ2n) is 6.02. The zero-order valence-corrected chi connectivity index (χ0v) is 16.8. The summed E-state index contributed by atoms with van der Waals surface area (Å²) in [5.74, 6) is 0.510. The first-order chi connectivity index (χ1) is 13.2. The first-order valence-corrected chi connectivity index (χ1v) is 10.2. The van der Waals surface area contributed by atoms with Crippen molar-refractivity contribution in [1.29, 1.82) is 0 Å². The van der Waals surface area contributed by atoms with Gasteiger partial charge in [0.25, 0.3) is 0 Å². The molecule has 0 saturated carbocycles. The molecule has 0 unspecified atom stereocenters. The van der Waals surface area contributed by atoms with Gasteiger partial charge in [-0.25, -0.2) is 9.37 Å². The highest BCUT2D eigenvalue weighted by Crippen LogP contribution is 2.31. The molecule has 0 amide bonds. The fourth-order valence-electron chi connectivity index (χ4n) is 2.82. The normalized spacial score (nSPS) is 10.9. The molecule has 0 bridgehead atoms. The van der Waals surface area contributed by atoms with Gasteiger partial charge in [0.15, 0.2) is 5.16 Å². The summed E-state index contributed by atoms with van der Waals surface area (Å²) in [6, 6.07) is 25.0. The van der Waals surface area contributed by atoms with Crippen LogP contribution in [0.1, 0.15) is 5.56 Å². The maximum atomic E-state index is 13.1. The summed E-state index contributed by atoms with van der Waals surface area (Å²) in [6.07, 6.45) is 1.91. The summed E-state index contributed by atoms with van der Waals surface area (Å²) in [7, 11) is 0. The van der Waals surface area contributed by atoms with Crippen molar-refractivity contribution in [3.8, 4) is 16.9 Å². The fraction of sp³-hybridized carbons (Fsp3) is 0.0455. The maximum absolute atomic E-state index is 13.1. The van der Waals surface area contributed by atoms with Gasteiger partial charge in [0, 0.05) is 21.5 Å². The highest BCUT2D eigenvalue weighted by Gasteiger charge is 2.14. The zero-order chi connectivity index (χ0) is 18.6. The molecule has 0 spiro atoms. The van der Waals surface area contributed by atoms with Crippen LogP contribution in [0.2, 0.25) is 0 Å². The number of hydrogen-bond donors (Lipinski definition) is 0. The number of aromatic nitrogens is 2. The van der Waals surface area contributed by atoms with Crippen molar-refractivity contribution in [2.24, 2.45) is 0 Å². The quantitative estimate of drug-likeness (QED) is 0.321. The van der Waals surface area contributed by atoms with Crippen molar-refractivity contribution < 1.29 is 4.39 Å². The van der Waals surface area contributed by atoms with Crippen LogP contribution < -0.4 is 0 Å². The Morgan fingerprint density at radius 2 is 1.59 bits per heavy atom. The first kappa shape index (κ1) is 18.0. The number of benzene rings is 3. The Hall–Kier alpha value is -2.37. The Bertz CT molecular complexity index is 1030. The Morgan fingerprint density at radius 1 is 0.889 bits per heavy atom. The molecule has 5 heteroatoms. The Balaban J connectivity index is 1.71. The summed E-state index contributed by atoms with van der Waals surface area (Å²) < 4.78 is 16.3. The van der Waals surface area contributed by atoms with Crippen LogP contribution in [0.25, 0.3) is 16.9 Å². The number of imidazole rings is 1. The lowest BCUT2D eigenvalue weighted by Gasteiger charge is -2.12. The second-order valence-corrected chi connectivity index (χ2v) is 7.88. The maximum Gasteiger partial charge on any atom is 0.173 e. The van der Waals surface area contributed by atoms with Gasteiger partial charge in [0.05, 0.1) is 11.9 Å². The smallest absolute Gasteiger partial charge is 0.173 e. The molecule has 4 aromatic rings. The minimum absolute atomic E-state index is 0.216. The van der Waals surface area contributed by atoms with Crippen LogP contribution in [-0.4, -0.2) is 9.55 Å². The predicted molar refractivity (Wildman–Crippen MR) is 113 cm³/mol. The van der Waals surface area contributed by atoms with Crippen molar-refractivity contribution in [2.45, 2.75) is 10.9 Å². The minimum atomic E-state index is -0.216. The van der Waals surface area contributed by atoms with Gasteiger partial charge >= 0.3 is 0 Å². The topological polar surface area (TPSA) is 17.8 Å². The SMILES string of the molecule is Fc1ccc(CSc2ncc(-c3ccc(Br)cc3)n2-c2ccccc2)cc1. The van der Waals surface area contributed by atoms with Gasteiger partial charge in [-0.2, -0.15) is 0 Å². The molecule has 3 aromatic carbocycles. The standard InChI is InChI=1S/C22H16BrFN2S/c23-18-10-8-17(9-11-18)21-14-25-22(26(21)20-4-2-1-3-5-20)27-15-16-6-12-19(24)13-7-16/h1-14H,15H2. The molecule has 0 aliphatic heterocycles. The van der Waals surface area contributed by atoms with E-state index in [1.165, 1.54) is 12.1 Å². The van der Waals surface area contributed by atoms with Crippen molar-refractivity contribution in [1.82, 2.24) is 9.55 Å². The third kappa shape index (κ3) is 4.15. The van der Waals surface area contributed by atoms with Gasteiger partial charge in [-0.1, -0.05) is 70.2 Å². The molecule has 1 heterocycles. The van der Waals surface area contributed by atoms with Gasteiger partial charge in [-0.15, -0.1) is 0 Å². The van der Waals surface area contributed by atoms with Crippen molar-refractivity contribution in [3.63, 3.8) is 0 Å². The Labute approximate surface area is 170 Å². The van der Waals surface area contributed by atoms with E-state index in [9.17, 15) is 4.39 Å². The van der Waals surface area contributed by atoms with E-state index in [4.69, 9.17) is 0 Å². The lowest BCUT2D eigenvalue weighted by Crippen LogP contribution is -1.99. The monoisotopic (exact) mass is 438 g/mol. The summed E-state index contributed by atoms with van der Waals surface area (Å²) in [5.41, 5.74) is 4.27. The summed E-state index contributed by atoms with van der Waals surface area (Å²) in [5, 5.41) is 0.906. The molecule has 0 atom stereocenters. The highest BCUT2D eigenvalue weighted by atomic mass is 79.9. The number of thioether (sulfide) groups is 1. The van der Waals surface area contributed by atoms with Crippen LogP contribution in [0.15, 0.2) is 94.7 Å². The number of para-hydroxylation sites is 1. The van der Waals surface area contributed by atoms with E-state index in [0.29, 0.717) is 0 Å². The van der Waals surface area contributed by atoms with Crippen molar-refractivity contribution in [2.75, 3.05) is 0 Å². The van der Waals surface area contributed by atoms with E-state index in [0.717, 1.165) is 37.9 Å². The zero-order valence-electron chi connectivity index (χ0n) is 14.3. The number of rotatable bonds is 5. The van der Waals surface area contributed by atoms with Crippen LogP contribution in [0.4, 0.5) is 4.39 Å². The van der Waals surface area contributed by atoms with Crippen LogP contribution in [-0.2, 0) is 5.75 Å². The molecule has 0 aliphatic carbocycles. The summed E-state index contributed by atoms with van der Waals surface area (Å²) in [6.45, 7) is 0. The van der Waals surface area contributed by atoms with E-state index in [2.05, 4.69) is 49.7 Å². The molecule has 1 aromatic heterocycles. The molecule has 0 N–H and O–H groups in total. The molecular formula is C22H16BrFN2S. The number of nitrogens with zero attached hydrogens (tertiary/aromatic N) is 2. The van der Waals surface area contributed by atoms with Gasteiger partial charge in [0.2, 0.25) is 0 Å². The largest absolute Gasteiger partial charge is 0.287 e. The number of halogens is 2. The Morgan fingerprint density at radius 3 is 2.30 bits per heavy atom. The lowest BCUT2D eigenvalue weighted by atomic mass is 10.1. The fourth-order valence-corrected chi connectivity index (χ4v) is 4.03. The summed E-state index contributed by atoms with van der Waals surface area (Å²) in [4.78, 5) is 4.66. The molecule has 2 nitrogen and oxygen atoms in total. The van der Waals surface area contributed by atoms with Gasteiger partial charge < -0.3 is 0 Å². The van der Waals surface area contributed by atoms with E-state index >= 15 is 0 Å². The molecule has 134 valence electrons. The van der Waals surface area contributed by atoms with Crippen LogP contribution in [0.5, 0.6) is 0 Å². The molecule has 0 saturated heterocycles. The number of hydrogen-bond acceptors (Lipinski definition) is 2. The average molecular weight is 439 g/mol.